The lowest BCUT2D eigenvalue weighted by Gasteiger charge is -2.40. The van der Waals surface area contributed by atoms with Crippen LogP contribution in [0.15, 0.2) is 110 Å². The number of nitrogens with zero attached hydrogens (tertiary/aromatic N) is 10. The Morgan fingerprint density at radius 2 is 0.968 bits per heavy atom. The number of anilines is 3. The third-order valence-electron chi connectivity index (χ3n) is 13.3. The van der Waals surface area contributed by atoms with Crippen LogP contribution in [0.5, 0.6) is 0 Å². The number of carbonyl (C=O) groups is 8. The molecule has 0 aliphatic carbocycles. The molecule has 5 aromatic rings. The van der Waals surface area contributed by atoms with Crippen LogP contribution in [-0.2, 0) is 57.9 Å². The zero-order chi connectivity index (χ0) is 70.0. The smallest absolute Gasteiger partial charge is 0.410 e. The Hall–Kier alpha value is -9.82. The van der Waals surface area contributed by atoms with Crippen LogP contribution in [0.4, 0.5) is 40.7 Å². The lowest BCUT2D eigenvalue weighted by molar-refractivity contribution is -0.144. The predicted octanol–water partition coefficient (Wildman–Crippen LogP) is 8.35. The highest BCUT2D eigenvalue weighted by molar-refractivity contribution is 7.16. The van der Waals surface area contributed by atoms with Gasteiger partial charge in [-0.05, 0) is 92.0 Å². The molecule has 0 spiro atoms. The molecule has 3 fully saturated rings. The number of rotatable bonds is 14. The average molecular weight is 1340 g/mol. The Morgan fingerprint density at radius 3 is 1.35 bits per heavy atom. The van der Waals surface area contributed by atoms with Crippen molar-refractivity contribution < 1.29 is 67.1 Å². The first-order chi connectivity index (χ1) is 44.9. The summed E-state index contributed by atoms with van der Waals surface area (Å²) in [4.78, 5) is 122. The van der Waals surface area contributed by atoms with E-state index in [0.29, 0.717) is 34.2 Å². The van der Waals surface area contributed by atoms with Crippen molar-refractivity contribution in [2.24, 2.45) is 5.73 Å². The number of benzene rings is 3. The van der Waals surface area contributed by atoms with E-state index >= 15 is 0 Å². The molecule has 3 saturated heterocycles. The molecule has 3 aromatic carbocycles. The second-order valence-electron chi connectivity index (χ2n) is 25.0. The average Bonchev–Trinajstić information content (AvgIpc) is 1.26. The molecule has 7 amide bonds. The summed E-state index contributed by atoms with van der Waals surface area (Å²) in [6, 6.07) is 29.0. The zero-order valence-corrected chi connectivity index (χ0v) is 56.9. The van der Waals surface area contributed by atoms with E-state index in [4.69, 9.17) is 34.7 Å². The topological polar surface area (TPSA) is 347 Å². The molecular weight excluding hydrogens is 1240 g/mol. The number of piperazine rings is 3. The molecule has 6 N–H and O–H groups in total. The largest absolute Gasteiger partial charge is 0.480 e. The fourth-order valence-corrected chi connectivity index (χ4v) is 9.73. The van der Waals surface area contributed by atoms with Gasteiger partial charge in [0, 0.05) is 64.0 Å². The number of hydrogen-bond donors (Lipinski definition) is 5. The number of hydrogen-bond acceptors (Lipinski definition) is 21. The van der Waals surface area contributed by atoms with E-state index in [2.05, 4.69) is 37.0 Å². The highest BCUT2D eigenvalue weighted by Crippen LogP contribution is 2.26. The number of ether oxygens (including phenoxy) is 5. The number of nitriles is 1. The minimum absolute atomic E-state index is 0.0495. The molecule has 0 saturated carbocycles. The summed E-state index contributed by atoms with van der Waals surface area (Å²) in [6.45, 7) is 23.7. The van der Waals surface area contributed by atoms with Gasteiger partial charge in [0.05, 0.1) is 19.3 Å². The second kappa shape index (κ2) is 36.6. The van der Waals surface area contributed by atoms with E-state index < -0.39 is 65.8 Å². The van der Waals surface area contributed by atoms with Gasteiger partial charge < -0.3 is 65.2 Å². The fourth-order valence-electron chi connectivity index (χ4n) is 9.11. The first-order valence-corrected chi connectivity index (χ1v) is 31.9. The molecule has 3 aliphatic rings. The van der Waals surface area contributed by atoms with Crippen molar-refractivity contribution in [1.82, 2.24) is 50.1 Å². The molecule has 29 heteroatoms. The number of carboxylic acids is 1. The minimum atomic E-state index is -1.20. The van der Waals surface area contributed by atoms with Gasteiger partial charge in [-0.25, -0.2) is 43.7 Å². The lowest BCUT2D eigenvalue weighted by atomic mass is 10.1. The van der Waals surface area contributed by atoms with E-state index in [0.717, 1.165) is 21.6 Å². The molecule has 5 heterocycles. The van der Waals surface area contributed by atoms with Crippen LogP contribution in [0, 0.1) is 11.3 Å². The molecule has 514 valence electrons. The van der Waals surface area contributed by atoms with E-state index in [1.807, 2.05) is 137 Å². The van der Waals surface area contributed by atoms with Crippen molar-refractivity contribution in [3.05, 3.63) is 131 Å². The van der Waals surface area contributed by atoms with Crippen molar-refractivity contribution in [1.29, 1.82) is 5.26 Å². The molecule has 3 atom stereocenters. The molecule has 2 aromatic heterocycles. The zero-order valence-electron chi connectivity index (χ0n) is 56.1. The van der Waals surface area contributed by atoms with Crippen molar-refractivity contribution in [2.45, 2.75) is 150 Å². The summed E-state index contributed by atoms with van der Waals surface area (Å²) in [5, 5.41) is 27.8. The van der Waals surface area contributed by atoms with Gasteiger partial charge in [0.1, 0.15) is 72.0 Å². The van der Waals surface area contributed by atoms with E-state index in [1.165, 1.54) is 43.5 Å². The van der Waals surface area contributed by atoms with E-state index in [-0.39, 0.29) is 96.1 Å². The minimum Gasteiger partial charge on any atom is -0.480 e. The van der Waals surface area contributed by atoms with Gasteiger partial charge in [0.25, 0.3) is 0 Å². The molecule has 8 rings (SSSR count). The third-order valence-corrected chi connectivity index (χ3v) is 14.2. The summed E-state index contributed by atoms with van der Waals surface area (Å²) >= 11 is 1.22. The first-order valence-electron chi connectivity index (χ1n) is 31.1. The van der Waals surface area contributed by atoms with Gasteiger partial charge in [0.2, 0.25) is 11.8 Å². The highest BCUT2D eigenvalue weighted by Gasteiger charge is 2.42. The fraction of sp³-hybridized carbons (Fsp3) is 0.485. The molecule has 28 nitrogen and oxygen atoms in total. The highest BCUT2D eigenvalue weighted by atomic mass is 32.1. The lowest BCUT2D eigenvalue weighted by Crippen LogP contribution is -2.62. The predicted molar refractivity (Wildman–Crippen MR) is 355 cm³/mol. The van der Waals surface area contributed by atoms with Crippen LogP contribution in [0.1, 0.15) is 105 Å². The number of nitrogens with one attached hydrogen (secondary N) is 3. The summed E-state index contributed by atoms with van der Waals surface area (Å²) < 4.78 is 26.8. The van der Waals surface area contributed by atoms with Crippen LogP contribution in [0.3, 0.4) is 0 Å². The van der Waals surface area contributed by atoms with Gasteiger partial charge >= 0.3 is 36.4 Å². The van der Waals surface area contributed by atoms with Gasteiger partial charge in [-0.1, -0.05) is 116 Å². The monoisotopic (exact) mass is 1330 g/mol. The number of carboxylic acid groups (broad SMARTS) is 1. The van der Waals surface area contributed by atoms with Gasteiger partial charge in [0.15, 0.2) is 11.2 Å². The Morgan fingerprint density at radius 1 is 0.579 bits per heavy atom. The Balaban J connectivity index is 0.000000254. The first kappa shape index (κ1) is 75.9. The number of amides is 7. The van der Waals surface area contributed by atoms with Crippen molar-refractivity contribution in [3.8, 4) is 6.07 Å². The van der Waals surface area contributed by atoms with Gasteiger partial charge in [-0.2, -0.15) is 5.26 Å². The third kappa shape index (κ3) is 26.2. The van der Waals surface area contributed by atoms with Crippen LogP contribution in [0.2, 0.25) is 0 Å². The standard InChI is InChI=1S/C24H26N8O3S.C21H31N3O5.C18H24N2O6.C3H9N/c1-16(2)29-22(33)19-13-31(8-9-32(19)24(34)35-14-17-6-4-3-5-7-17)21-10-20(27-15-28-21)30-23-26-12-18(11-25)36-23;1-15(2)22-18(25)17-13-23(19(26)29-21(3,4)5)11-12-24(17)20(27)28-14-16-9-7-6-8-10-16;1-18(2,3)26-16(23)19-9-10-20(14(11-19)15(21)22)17(24)25-12-13-7-5-4-6-8-13;1-3(2)4/h3-7,10,12,15-16,19H,8-9,13-14H2,1-2H3,(H,29,33)(H,26,27,28,30);6-10,15,17H,11-14H2,1-5H3,(H,22,25);4-8,14H,9-12H2,1-3H3,(H,21,22);3H,4H2,1-2H3. The number of aromatic nitrogens is 3. The quantitative estimate of drug-likeness (QED) is 0.0652. The Bertz CT molecular complexity index is 3340. The molecule has 3 aliphatic heterocycles. The molecule has 0 radical (unpaired) electrons. The van der Waals surface area contributed by atoms with Crippen LogP contribution in [-0.4, -0.2) is 199 Å². The molecule has 95 heavy (non-hydrogen) atoms. The summed E-state index contributed by atoms with van der Waals surface area (Å²) in [5.74, 6) is -0.679. The SMILES string of the molecule is CC(C)(C)OC(=O)N1CCN(C(=O)OCc2ccccc2)C(C(=O)O)C1.CC(C)N.CC(C)NC(=O)C1CN(C(=O)OC(C)(C)C)CCN1C(=O)OCc1ccccc1.CC(C)NC(=O)C1CN(c2cc(Nc3ncc(C#N)s3)ncn2)CCN1C(=O)OCc1ccccc1. The maximum Gasteiger partial charge on any atom is 0.410 e. The van der Waals surface area contributed by atoms with Gasteiger partial charge in [-0.15, -0.1) is 0 Å². The van der Waals surface area contributed by atoms with E-state index in [9.17, 15) is 43.5 Å². The number of aliphatic carboxylic acids is 1. The van der Waals surface area contributed by atoms with Crippen molar-refractivity contribution in [3.63, 3.8) is 0 Å². The van der Waals surface area contributed by atoms with Crippen LogP contribution in [0.25, 0.3) is 0 Å². The maximum absolute atomic E-state index is 13.0. The van der Waals surface area contributed by atoms with Crippen molar-refractivity contribution >= 4 is 76.4 Å². The molecular formula is C66H90N14O14S. The maximum atomic E-state index is 13.0. The summed E-state index contributed by atoms with van der Waals surface area (Å²) in [7, 11) is 0. The van der Waals surface area contributed by atoms with Crippen molar-refractivity contribution in [2.75, 3.05) is 69.1 Å². The number of thiazole rings is 1. The van der Waals surface area contributed by atoms with E-state index in [1.54, 1.807) is 47.6 Å². The molecule has 3 unspecified atom stereocenters. The van der Waals surface area contributed by atoms with Crippen LogP contribution < -0.4 is 26.6 Å². The van der Waals surface area contributed by atoms with Crippen LogP contribution >= 0.6 is 11.3 Å². The number of nitrogens with two attached hydrogens (primary N) is 1. The normalized spacial score (nSPS) is 16.2. The van der Waals surface area contributed by atoms with Gasteiger partial charge in [-0.3, -0.25) is 24.3 Å². The Kier molecular flexibility index (Phi) is 29.2. The number of carbonyl (C=O) groups excluding carboxylic acids is 7. The summed E-state index contributed by atoms with van der Waals surface area (Å²) in [5.41, 5.74) is 6.33. The summed E-state index contributed by atoms with van der Waals surface area (Å²) in [6.07, 6.45) is -0.0297. The molecule has 0 bridgehead atoms. The Labute approximate surface area is 559 Å². The second-order valence-corrected chi connectivity index (χ2v) is 26.0.